The van der Waals surface area contributed by atoms with Crippen molar-refractivity contribution in [3.63, 3.8) is 0 Å². The van der Waals surface area contributed by atoms with Crippen LogP contribution >= 0.6 is 0 Å². The van der Waals surface area contributed by atoms with Crippen molar-refractivity contribution in [2.75, 3.05) is 6.54 Å². The highest BCUT2D eigenvalue weighted by atomic mass is 16.2. The molecule has 0 spiro atoms. The number of hydrogen-bond acceptors (Lipinski definition) is 5. The molecule has 0 bridgehead atoms. The summed E-state index contributed by atoms with van der Waals surface area (Å²) < 4.78 is 0. The Morgan fingerprint density at radius 3 is 2.44 bits per heavy atom. The van der Waals surface area contributed by atoms with Crippen LogP contribution in [0.4, 0.5) is 0 Å². The minimum atomic E-state index is -1.41. The van der Waals surface area contributed by atoms with Crippen molar-refractivity contribution >= 4 is 23.9 Å². The molecule has 1 aromatic carbocycles. The molecule has 0 radical (unpaired) electrons. The van der Waals surface area contributed by atoms with Crippen LogP contribution in [-0.2, 0) is 9.59 Å². The van der Waals surface area contributed by atoms with Crippen molar-refractivity contribution < 1.29 is 19.2 Å². The average molecular weight is 246 g/mol. The van der Waals surface area contributed by atoms with E-state index in [0.717, 1.165) is 0 Å². The van der Waals surface area contributed by atoms with Crippen LogP contribution in [0.2, 0.25) is 0 Å². The number of aldehydes is 1. The highest BCUT2D eigenvalue weighted by molar-refractivity contribution is 6.24. The van der Waals surface area contributed by atoms with Crippen molar-refractivity contribution in [1.82, 2.24) is 4.90 Å². The Morgan fingerprint density at radius 1 is 1.28 bits per heavy atom. The molecule has 1 heterocycles. The number of ketones is 1. The number of benzene rings is 1. The first-order chi connectivity index (χ1) is 8.61. The molecular weight excluding hydrogens is 236 g/mol. The molecule has 92 valence electrons. The van der Waals surface area contributed by atoms with Crippen molar-refractivity contribution in [3.05, 3.63) is 35.4 Å². The van der Waals surface area contributed by atoms with Crippen LogP contribution in [0.1, 0.15) is 20.7 Å². The summed E-state index contributed by atoms with van der Waals surface area (Å²) >= 11 is 0. The molecule has 1 aliphatic rings. The van der Waals surface area contributed by atoms with Gasteiger partial charge in [0.15, 0.2) is 18.1 Å². The smallest absolute Gasteiger partial charge is 0.262 e. The van der Waals surface area contributed by atoms with E-state index in [0.29, 0.717) is 4.90 Å². The number of nitrogens with two attached hydrogens (primary N) is 1. The maximum absolute atomic E-state index is 12.1. The van der Waals surface area contributed by atoms with Gasteiger partial charge in [0.25, 0.3) is 5.91 Å². The number of carbonyl (C=O) groups excluding carboxylic acids is 4. The third-order valence-electron chi connectivity index (χ3n) is 2.76. The molecule has 0 unspecified atom stereocenters. The van der Waals surface area contributed by atoms with E-state index in [1.54, 1.807) is 12.1 Å². The van der Waals surface area contributed by atoms with Crippen molar-refractivity contribution in [2.45, 2.75) is 6.04 Å². The zero-order valence-electron chi connectivity index (χ0n) is 9.33. The SMILES string of the molecule is NCC(=O)N1C(=O)c2ccccc2C(=O)[C@H]1C=O. The largest absolute Gasteiger partial charge is 0.322 e. The van der Waals surface area contributed by atoms with Gasteiger partial charge >= 0.3 is 0 Å². The Labute approximate surface area is 102 Å². The number of nitrogens with zero attached hydrogens (tertiary/aromatic N) is 1. The second-order valence-corrected chi connectivity index (χ2v) is 3.76. The standard InChI is InChI=1S/C12H10N2O4/c13-5-10(16)14-9(6-15)11(17)7-3-1-2-4-8(7)12(14)18/h1-4,6,9H,5,13H2/t9-/m1/s1. The summed E-state index contributed by atoms with van der Waals surface area (Å²) in [6, 6.07) is 4.65. The van der Waals surface area contributed by atoms with Gasteiger partial charge in [-0.2, -0.15) is 0 Å². The second-order valence-electron chi connectivity index (χ2n) is 3.76. The lowest BCUT2D eigenvalue weighted by molar-refractivity contribution is -0.131. The zero-order chi connectivity index (χ0) is 13.3. The third-order valence-corrected chi connectivity index (χ3v) is 2.76. The number of rotatable bonds is 2. The van der Waals surface area contributed by atoms with Crippen LogP contribution in [0, 0.1) is 0 Å². The van der Waals surface area contributed by atoms with Crippen LogP contribution in [0.15, 0.2) is 24.3 Å². The van der Waals surface area contributed by atoms with E-state index in [1.807, 2.05) is 0 Å². The molecule has 2 amide bonds. The van der Waals surface area contributed by atoms with E-state index in [9.17, 15) is 19.2 Å². The molecule has 0 aliphatic carbocycles. The molecule has 0 fully saturated rings. The van der Waals surface area contributed by atoms with Crippen LogP contribution in [-0.4, -0.2) is 41.4 Å². The Morgan fingerprint density at radius 2 is 1.89 bits per heavy atom. The predicted octanol–water partition coefficient (Wildman–Crippen LogP) is -0.622. The summed E-state index contributed by atoms with van der Waals surface area (Å²) in [6.07, 6.45) is 0.281. The minimum absolute atomic E-state index is 0.113. The van der Waals surface area contributed by atoms with Gasteiger partial charge in [0.05, 0.1) is 12.1 Å². The maximum atomic E-state index is 12.1. The minimum Gasteiger partial charge on any atom is -0.322 e. The summed E-state index contributed by atoms with van der Waals surface area (Å²) in [6.45, 7) is -0.439. The molecular formula is C12H10N2O4. The summed E-state index contributed by atoms with van der Waals surface area (Å²) in [5.74, 6) is -1.99. The van der Waals surface area contributed by atoms with E-state index < -0.39 is 30.2 Å². The van der Waals surface area contributed by atoms with Crippen LogP contribution in [0.3, 0.4) is 0 Å². The van der Waals surface area contributed by atoms with E-state index in [2.05, 4.69) is 0 Å². The van der Waals surface area contributed by atoms with Gasteiger partial charge in [-0.1, -0.05) is 18.2 Å². The number of carbonyl (C=O) groups is 4. The predicted molar refractivity (Wildman–Crippen MR) is 60.9 cm³/mol. The average Bonchev–Trinajstić information content (AvgIpc) is 2.41. The first-order valence-electron chi connectivity index (χ1n) is 5.26. The van der Waals surface area contributed by atoms with E-state index in [-0.39, 0.29) is 17.4 Å². The van der Waals surface area contributed by atoms with Crippen LogP contribution in [0.25, 0.3) is 0 Å². The highest BCUT2D eigenvalue weighted by Gasteiger charge is 2.41. The maximum Gasteiger partial charge on any atom is 0.262 e. The second kappa shape index (κ2) is 4.50. The fourth-order valence-electron chi connectivity index (χ4n) is 1.91. The summed E-state index contributed by atoms with van der Waals surface area (Å²) in [7, 11) is 0. The lowest BCUT2D eigenvalue weighted by atomic mass is 9.92. The van der Waals surface area contributed by atoms with Gasteiger partial charge in [-0.15, -0.1) is 0 Å². The number of hydrogen-bond donors (Lipinski definition) is 1. The Balaban J connectivity index is 2.59. The van der Waals surface area contributed by atoms with Crippen LogP contribution < -0.4 is 5.73 Å². The molecule has 0 aromatic heterocycles. The Hall–Kier alpha value is -2.34. The number of Topliss-reactive ketones (excluding diaryl/α,β-unsaturated/α-hetero) is 1. The van der Waals surface area contributed by atoms with Crippen molar-refractivity contribution in [1.29, 1.82) is 0 Å². The van der Waals surface area contributed by atoms with E-state index >= 15 is 0 Å². The van der Waals surface area contributed by atoms with Gasteiger partial charge in [0.1, 0.15) is 0 Å². The normalized spacial score (nSPS) is 18.5. The molecule has 6 heteroatoms. The number of imide groups is 1. The lowest BCUT2D eigenvalue weighted by Gasteiger charge is -2.30. The van der Waals surface area contributed by atoms with Gasteiger partial charge in [0.2, 0.25) is 5.91 Å². The molecule has 2 N–H and O–H groups in total. The molecule has 18 heavy (non-hydrogen) atoms. The molecule has 6 nitrogen and oxygen atoms in total. The number of amides is 2. The van der Waals surface area contributed by atoms with E-state index in [4.69, 9.17) is 5.73 Å². The van der Waals surface area contributed by atoms with Crippen molar-refractivity contribution in [3.8, 4) is 0 Å². The monoisotopic (exact) mass is 246 g/mol. The van der Waals surface area contributed by atoms with Crippen LogP contribution in [0.5, 0.6) is 0 Å². The van der Waals surface area contributed by atoms with E-state index in [1.165, 1.54) is 12.1 Å². The highest BCUT2D eigenvalue weighted by Crippen LogP contribution is 2.22. The van der Waals surface area contributed by atoms with Gasteiger partial charge in [-0.3, -0.25) is 19.3 Å². The van der Waals surface area contributed by atoms with Gasteiger partial charge in [0, 0.05) is 5.56 Å². The molecule has 1 aliphatic heterocycles. The fourth-order valence-corrected chi connectivity index (χ4v) is 1.91. The third kappa shape index (κ3) is 1.63. The first kappa shape index (κ1) is 12.1. The zero-order valence-corrected chi connectivity index (χ0v) is 9.33. The quantitative estimate of drug-likeness (QED) is 0.554. The fraction of sp³-hybridized carbons (Fsp3) is 0.167. The summed E-state index contributed by atoms with van der Waals surface area (Å²) in [5.41, 5.74) is 5.44. The first-order valence-corrected chi connectivity index (χ1v) is 5.26. The van der Waals surface area contributed by atoms with Gasteiger partial charge < -0.3 is 10.5 Å². The molecule has 0 saturated heterocycles. The Bertz CT molecular complexity index is 553. The summed E-state index contributed by atoms with van der Waals surface area (Å²) in [4.78, 5) is 47.2. The van der Waals surface area contributed by atoms with Crippen molar-refractivity contribution in [2.24, 2.45) is 5.73 Å². The topological polar surface area (TPSA) is 97.5 Å². The Kier molecular flexibility index (Phi) is 3.03. The lowest BCUT2D eigenvalue weighted by Crippen LogP contribution is -2.55. The van der Waals surface area contributed by atoms with Gasteiger partial charge in [-0.25, -0.2) is 0 Å². The van der Waals surface area contributed by atoms with Gasteiger partial charge in [-0.05, 0) is 6.07 Å². The molecule has 0 saturated carbocycles. The molecule has 1 aromatic rings. The number of fused-ring (bicyclic) bond motifs is 1. The molecule has 1 atom stereocenters. The molecule has 2 rings (SSSR count). The summed E-state index contributed by atoms with van der Waals surface area (Å²) in [5, 5.41) is 0.